The van der Waals surface area contributed by atoms with E-state index in [1.165, 1.54) is 18.2 Å². The summed E-state index contributed by atoms with van der Waals surface area (Å²) in [6.45, 7) is 1.87. The lowest BCUT2D eigenvalue weighted by Crippen LogP contribution is -2.51. The summed E-state index contributed by atoms with van der Waals surface area (Å²) in [6.07, 6.45) is 0. The molecule has 3 aromatic rings. The summed E-state index contributed by atoms with van der Waals surface area (Å²) in [6, 6.07) is 15.7. The number of ether oxygens (including phenoxy) is 3. The number of fused-ring (bicyclic) bond motifs is 5. The van der Waals surface area contributed by atoms with Crippen LogP contribution in [-0.2, 0) is 44.2 Å². The number of pyridine rings is 1. The van der Waals surface area contributed by atoms with E-state index in [2.05, 4.69) is 4.98 Å². The van der Waals surface area contributed by atoms with Gasteiger partial charge in [0.05, 0.1) is 19.1 Å². The normalized spacial score (nSPS) is 26.0. The maximum atomic E-state index is 14.5. The average molecular weight is 562 g/mol. The summed E-state index contributed by atoms with van der Waals surface area (Å²) in [5.74, 6) is -5.01. The van der Waals surface area contributed by atoms with Crippen LogP contribution in [0.3, 0.4) is 0 Å². The van der Waals surface area contributed by atoms with Crippen LogP contribution in [-0.4, -0.2) is 39.6 Å². The average Bonchev–Trinajstić information content (AvgIpc) is 3.38. The number of rotatable bonds is 5. The number of methoxy groups -OCH3 is 2. The standard InChI is InChI=1S/C26H21Cl2NO7S/c1-14-9-11-15(12-10-14)25-19-17(13-18(27)29-22(19)28)26(36-25,37(32,33)16-7-5-4-6-8-16)21(24(31)35-3)20(25)23(30)34-2/h4-13,20-21H,1-3H3/t20-,21+,25+,26+/m1/s1. The molecule has 1 aromatic heterocycles. The smallest absolute Gasteiger partial charge is 0.314 e. The quantitative estimate of drug-likeness (QED) is 0.337. The molecule has 2 aromatic carbocycles. The molecule has 3 heterocycles. The van der Waals surface area contributed by atoms with Crippen molar-refractivity contribution in [2.75, 3.05) is 14.2 Å². The van der Waals surface area contributed by atoms with Crippen molar-refractivity contribution in [1.29, 1.82) is 0 Å². The molecular formula is C26H21Cl2NO7S. The lowest BCUT2D eigenvalue weighted by molar-refractivity contribution is -0.159. The van der Waals surface area contributed by atoms with E-state index in [-0.39, 0.29) is 26.3 Å². The van der Waals surface area contributed by atoms with Crippen LogP contribution in [0.4, 0.5) is 0 Å². The predicted molar refractivity (Wildman–Crippen MR) is 134 cm³/mol. The topological polar surface area (TPSA) is 109 Å². The Morgan fingerprint density at radius 2 is 1.54 bits per heavy atom. The third-order valence-electron chi connectivity index (χ3n) is 7.03. The molecule has 0 aliphatic carbocycles. The molecule has 0 amide bonds. The zero-order chi connectivity index (χ0) is 26.8. The van der Waals surface area contributed by atoms with Crippen molar-refractivity contribution in [3.8, 4) is 0 Å². The molecule has 0 unspecified atom stereocenters. The Hall–Kier alpha value is -2.98. The van der Waals surface area contributed by atoms with Crippen LogP contribution in [0.25, 0.3) is 0 Å². The number of aromatic nitrogens is 1. The molecular weight excluding hydrogens is 541 g/mol. The van der Waals surface area contributed by atoms with Crippen molar-refractivity contribution in [1.82, 2.24) is 4.98 Å². The van der Waals surface area contributed by atoms with Gasteiger partial charge in [0.25, 0.3) is 0 Å². The van der Waals surface area contributed by atoms with Gasteiger partial charge in [0, 0.05) is 11.1 Å². The molecule has 2 aliphatic heterocycles. The molecule has 192 valence electrons. The summed E-state index contributed by atoms with van der Waals surface area (Å²) >= 11 is 12.9. The molecule has 5 rings (SSSR count). The number of carbonyl (C=O) groups is 2. The highest BCUT2D eigenvalue weighted by atomic mass is 35.5. The number of hydrogen-bond acceptors (Lipinski definition) is 8. The number of esters is 2. The maximum Gasteiger partial charge on any atom is 0.314 e. The monoisotopic (exact) mass is 561 g/mol. The Morgan fingerprint density at radius 1 is 0.946 bits per heavy atom. The number of nitrogens with zero attached hydrogens (tertiary/aromatic N) is 1. The molecule has 1 fully saturated rings. The summed E-state index contributed by atoms with van der Waals surface area (Å²) in [4.78, 5) is 28.5. The van der Waals surface area contributed by atoms with Crippen LogP contribution < -0.4 is 0 Å². The van der Waals surface area contributed by atoms with Gasteiger partial charge in [-0.3, -0.25) is 9.59 Å². The summed E-state index contributed by atoms with van der Waals surface area (Å²) in [5, 5.41) is -0.273. The van der Waals surface area contributed by atoms with E-state index in [9.17, 15) is 18.0 Å². The molecule has 2 bridgehead atoms. The van der Waals surface area contributed by atoms with E-state index >= 15 is 0 Å². The highest BCUT2D eigenvalue weighted by Crippen LogP contribution is 2.70. The second kappa shape index (κ2) is 8.80. The fourth-order valence-electron chi connectivity index (χ4n) is 5.53. The first-order chi connectivity index (χ1) is 17.6. The van der Waals surface area contributed by atoms with Crippen LogP contribution >= 0.6 is 23.2 Å². The first-order valence-electron chi connectivity index (χ1n) is 11.2. The van der Waals surface area contributed by atoms with E-state index in [1.807, 2.05) is 6.92 Å². The highest BCUT2D eigenvalue weighted by molar-refractivity contribution is 7.92. The fraction of sp³-hybridized carbons (Fsp3) is 0.269. The SMILES string of the molecule is COC(=O)[C@@H]1[C@H](C(=O)OC)[C@@]2(c3ccc(C)cc3)O[C@]1(S(=O)(=O)c1ccccc1)c1cc(Cl)nc(Cl)c12. The summed E-state index contributed by atoms with van der Waals surface area (Å²) in [5.41, 5.74) is -0.433. The van der Waals surface area contributed by atoms with Crippen molar-refractivity contribution >= 4 is 45.0 Å². The van der Waals surface area contributed by atoms with Crippen molar-refractivity contribution in [2.24, 2.45) is 11.8 Å². The van der Waals surface area contributed by atoms with Gasteiger partial charge in [-0.05, 0) is 30.7 Å². The van der Waals surface area contributed by atoms with Gasteiger partial charge in [0.15, 0.2) is 0 Å². The molecule has 0 N–H and O–H groups in total. The number of benzene rings is 2. The van der Waals surface area contributed by atoms with E-state index in [0.29, 0.717) is 5.56 Å². The van der Waals surface area contributed by atoms with E-state index in [0.717, 1.165) is 19.8 Å². The van der Waals surface area contributed by atoms with Crippen molar-refractivity contribution in [3.63, 3.8) is 0 Å². The first-order valence-corrected chi connectivity index (χ1v) is 13.4. The van der Waals surface area contributed by atoms with E-state index in [1.54, 1.807) is 42.5 Å². The van der Waals surface area contributed by atoms with Crippen LogP contribution in [0.1, 0.15) is 22.3 Å². The Bertz CT molecular complexity index is 1530. The second-order valence-corrected chi connectivity index (χ2v) is 11.7. The molecule has 1 saturated heterocycles. The van der Waals surface area contributed by atoms with Gasteiger partial charge in [-0.1, -0.05) is 71.2 Å². The Labute approximate surface area is 223 Å². The van der Waals surface area contributed by atoms with E-state index in [4.69, 9.17) is 37.4 Å². The minimum Gasteiger partial charge on any atom is -0.469 e. The number of aryl methyl sites for hydroxylation is 1. The lowest BCUT2D eigenvalue weighted by atomic mass is 9.66. The fourth-order valence-corrected chi connectivity index (χ4v) is 8.23. The Morgan fingerprint density at radius 3 is 2.14 bits per heavy atom. The molecule has 4 atom stereocenters. The number of halogens is 2. The minimum absolute atomic E-state index is 0.0116. The number of hydrogen-bond donors (Lipinski definition) is 0. The van der Waals surface area contributed by atoms with Crippen molar-refractivity contribution in [2.45, 2.75) is 22.4 Å². The van der Waals surface area contributed by atoms with Gasteiger partial charge in [-0.15, -0.1) is 0 Å². The highest BCUT2D eigenvalue weighted by Gasteiger charge is 2.80. The summed E-state index contributed by atoms with van der Waals surface area (Å²) < 4.78 is 45.8. The van der Waals surface area contributed by atoms with Gasteiger partial charge < -0.3 is 14.2 Å². The number of sulfone groups is 1. The van der Waals surface area contributed by atoms with Crippen LogP contribution in [0.15, 0.2) is 65.6 Å². The third kappa shape index (κ3) is 3.31. The zero-order valence-corrected chi connectivity index (χ0v) is 22.2. The molecule has 2 aliphatic rings. The maximum absolute atomic E-state index is 14.5. The van der Waals surface area contributed by atoms with Gasteiger partial charge in [-0.25, -0.2) is 13.4 Å². The van der Waals surface area contributed by atoms with Gasteiger partial charge >= 0.3 is 11.9 Å². The Kier molecular flexibility index (Phi) is 6.10. The molecule has 0 radical (unpaired) electrons. The third-order valence-corrected chi connectivity index (χ3v) is 9.74. The molecule has 11 heteroatoms. The van der Waals surface area contributed by atoms with Crippen molar-refractivity contribution < 1.29 is 32.2 Å². The van der Waals surface area contributed by atoms with Gasteiger partial charge in [-0.2, -0.15) is 0 Å². The molecule has 0 spiro atoms. The van der Waals surface area contributed by atoms with E-state index < -0.39 is 44.1 Å². The van der Waals surface area contributed by atoms with Gasteiger partial charge in [0.2, 0.25) is 14.8 Å². The minimum atomic E-state index is -4.56. The Balaban J connectivity index is 1.99. The largest absolute Gasteiger partial charge is 0.469 e. The first kappa shape index (κ1) is 25.7. The number of carbonyl (C=O) groups excluding carboxylic acids is 2. The molecule has 8 nitrogen and oxygen atoms in total. The van der Waals surface area contributed by atoms with Crippen LogP contribution in [0.2, 0.25) is 10.3 Å². The predicted octanol–water partition coefficient (Wildman–Crippen LogP) is 4.19. The molecule has 0 saturated carbocycles. The molecule has 37 heavy (non-hydrogen) atoms. The van der Waals surface area contributed by atoms with Crippen LogP contribution in [0.5, 0.6) is 0 Å². The van der Waals surface area contributed by atoms with Crippen LogP contribution in [0, 0.1) is 18.8 Å². The zero-order valence-electron chi connectivity index (χ0n) is 19.9. The second-order valence-electron chi connectivity index (χ2n) is 8.85. The van der Waals surface area contributed by atoms with Gasteiger partial charge in [0.1, 0.15) is 27.7 Å². The summed E-state index contributed by atoms with van der Waals surface area (Å²) in [7, 11) is -2.31. The lowest BCUT2D eigenvalue weighted by Gasteiger charge is -2.37. The van der Waals surface area contributed by atoms with Crippen molar-refractivity contribution in [3.05, 3.63) is 93.2 Å².